The zero-order chi connectivity index (χ0) is 24.9. The lowest BCUT2D eigenvalue weighted by Crippen LogP contribution is -2.49. The number of aryl methyl sites for hydroxylation is 1. The number of thiophene rings is 1. The van der Waals surface area contributed by atoms with E-state index in [2.05, 4.69) is 57.6 Å². The number of hydrogen-bond donors (Lipinski definition) is 1. The maximum absolute atomic E-state index is 12.9. The second kappa shape index (κ2) is 11.7. The van der Waals surface area contributed by atoms with Crippen LogP contribution in [0.15, 0.2) is 42.5 Å². The fourth-order valence-corrected chi connectivity index (χ4v) is 7.01. The van der Waals surface area contributed by atoms with E-state index in [0.29, 0.717) is 11.7 Å². The molecular weight excluding hydrogens is 486 g/mol. The van der Waals surface area contributed by atoms with E-state index in [4.69, 9.17) is 17.0 Å². The van der Waals surface area contributed by atoms with Gasteiger partial charge in [0.25, 0.3) is 0 Å². The van der Waals surface area contributed by atoms with Crippen molar-refractivity contribution in [1.29, 1.82) is 0 Å². The maximum Gasteiger partial charge on any atom is 0.341 e. The molecule has 0 atom stereocenters. The fourth-order valence-electron chi connectivity index (χ4n) is 5.38. The minimum absolute atomic E-state index is 0.221. The maximum atomic E-state index is 12.9. The Labute approximate surface area is 223 Å². The summed E-state index contributed by atoms with van der Waals surface area (Å²) in [5.74, 6) is -0.221. The third-order valence-electron chi connectivity index (χ3n) is 7.30. The number of thiocarbonyl (C=S) groups is 1. The van der Waals surface area contributed by atoms with Crippen molar-refractivity contribution < 1.29 is 9.53 Å². The molecule has 0 saturated carbocycles. The lowest BCUT2D eigenvalue weighted by atomic mass is 9.96. The largest absolute Gasteiger partial charge is 0.462 e. The summed E-state index contributed by atoms with van der Waals surface area (Å²) in [5.41, 5.74) is 3.27. The van der Waals surface area contributed by atoms with Crippen LogP contribution in [-0.2, 0) is 24.1 Å². The summed E-state index contributed by atoms with van der Waals surface area (Å²) >= 11 is 7.54. The molecule has 1 saturated heterocycles. The van der Waals surface area contributed by atoms with Crippen molar-refractivity contribution in [2.24, 2.45) is 0 Å². The normalized spacial score (nSPS) is 16.8. The number of nitrogens with zero attached hydrogens (tertiary/aromatic N) is 2. The van der Waals surface area contributed by atoms with Gasteiger partial charge in [-0.05, 0) is 66.7 Å². The highest BCUT2D eigenvalue weighted by molar-refractivity contribution is 7.80. The molecule has 2 aromatic carbocycles. The highest BCUT2D eigenvalue weighted by atomic mass is 32.1. The molecule has 5 nitrogen and oxygen atoms in total. The minimum Gasteiger partial charge on any atom is -0.462 e. The second-order valence-corrected chi connectivity index (χ2v) is 11.2. The lowest BCUT2D eigenvalue weighted by molar-refractivity contribution is 0.0526. The van der Waals surface area contributed by atoms with E-state index in [9.17, 15) is 4.79 Å². The zero-order valence-corrected chi connectivity index (χ0v) is 22.7. The van der Waals surface area contributed by atoms with Gasteiger partial charge in [-0.3, -0.25) is 4.90 Å². The summed E-state index contributed by atoms with van der Waals surface area (Å²) in [6, 6.07) is 15.2. The Bertz CT molecular complexity index is 1230. The highest BCUT2D eigenvalue weighted by Gasteiger charge is 2.27. The van der Waals surface area contributed by atoms with E-state index in [-0.39, 0.29) is 5.97 Å². The van der Waals surface area contributed by atoms with Gasteiger partial charge in [0.1, 0.15) is 5.00 Å². The lowest BCUT2D eigenvalue weighted by Gasteiger charge is -2.36. The van der Waals surface area contributed by atoms with Crippen LogP contribution in [-0.4, -0.2) is 53.7 Å². The standard InChI is InChI=1S/C29H35N3O2S2/c1-2-34-28(33)26-24-14-5-3-4-6-15-25(24)36-27(26)30-29(35)32-18-16-31(17-19-32)20-22-12-9-11-21-10-7-8-13-23(21)22/h7-13H,2-6,14-20H2,1H3,(H,30,35). The minimum atomic E-state index is -0.221. The van der Waals surface area contributed by atoms with Gasteiger partial charge in [0.2, 0.25) is 0 Å². The van der Waals surface area contributed by atoms with Gasteiger partial charge in [0.15, 0.2) is 5.11 Å². The zero-order valence-electron chi connectivity index (χ0n) is 21.1. The summed E-state index contributed by atoms with van der Waals surface area (Å²) in [6.07, 6.45) is 6.77. The number of carbonyl (C=O) groups is 1. The molecule has 2 heterocycles. The average Bonchev–Trinajstić information content (AvgIpc) is 3.20. The molecule has 1 fully saturated rings. The first-order valence-corrected chi connectivity index (χ1v) is 14.4. The van der Waals surface area contributed by atoms with Crippen LogP contribution in [0.1, 0.15) is 59.0 Å². The van der Waals surface area contributed by atoms with Crippen molar-refractivity contribution in [3.63, 3.8) is 0 Å². The third-order valence-corrected chi connectivity index (χ3v) is 8.87. The van der Waals surface area contributed by atoms with Gasteiger partial charge in [-0.25, -0.2) is 4.79 Å². The van der Waals surface area contributed by atoms with E-state index in [1.807, 2.05) is 6.92 Å². The van der Waals surface area contributed by atoms with Crippen LogP contribution in [0.3, 0.4) is 0 Å². The van der Waals surface area contributed by atoms with E-state index in [0.717, 1.165) is 62.6 Å². The summed E-state index contributed by atoms with van der Waals surface area (Å²) in [7, 11) is 0. The van der Waals surface area contributed by atoms with E-state index >= 15 is 0 Å². The molecule has 7 heteroatoms. The monoisotopic (exact) mass is 521 g/mol. The van der Waals surface area contributed by atoms with Gasteiger partial charge in [0, 0.05) is 37.6 Å². The smallest absolute Gasteiger partial charge is 0.341 e. The molecule has 0 spiro atoms. The number of anilines is 1. The Kier molecular flexibility index (Phi) is 8.19. The van der Waals surface area contributed by atoms with Crippen molar-refractivity contribution in [1.82, 2.24) is 9.80 Å². The van der Waals surface area contributed by atoms with Crippen LogP contribution >= 0.6 is 23.6 Å². The third kappa shape index (κ3) is 5.58. The second-order valence-electron chi connectivity index (χ2n) is 9.67. The first kappa shape index (κ1) is 25.2. The van der Waals surface area contributed by atoms with Crippen molar-refractivity contribution in [3.8, 4) is 0 Å². The molecule has 0 radical (unpaired) electrons. The molecule has 1 aliphatic heterocycles. The number of ether oxygens (including phenoxy) is 1. The number of rotatable bonds is 5. The van der Waals surface area contributed by atoms with Gasteiger partial charge in [-0.1, -0.05) is 55.3 Å². The summed E-state index contributed by atoms with van der Waals surface area (Å²) in [5, 5.41) is 7.66. The van der Waals surface area contributed by atoms with E-state index in [1.165, 1.54) is 46.0 Å². The van der Waals surface area contributed by atoms with Crippen molar-refractivity contribution >= 4 is 50.4 Å². The summed E-state index contributed by atoms with van der Waals surface area (Å²) in [4.78, 5) is 19.0. The van der Waals surface area contributed by atoms with Crippen molar-refractivity contribution in [2.75, 3.05) is 38.1 Å². The number of hydrogen-bond acceptors (Lipinski definition) is 5. The van der Waals surface area contributed by atoms with Crippen LogP contribution in [0.25, 0.3) is 10.8 Å². The number of carbonyl (C=O) groups excluding carboxylic acids is 1. The molecule has 0 unspecified atom stereocenters. The van der Waals surface area contributed by atoms with Crippen LogP contribution in [0.5, 0.6) is 0 Å². The highest BCUT2D eigenvalue weighted by Crippen LogP contribution is 2.38. The molecular formula is C29H35N3O2S2. The molecule has 1 aromatic heterocycles. The number of benzene rings is 2. The van der Waals surface area contributed by atoms with Crippen LogP contribution in [0.4, 0.5) is 5.00 Å². The molecule has 0 bridgehead atoms. The first-order chi connectivity index (χ1) is 17.6. The Morgan fingerprint density at radius 3 is 2.56 bits per heavy atom. The molecule has 2 aliphatic rings. The molecule has 36 heavy (non-hydrogen) atoms. The molecule has 190 valence electrons. The molecule has 1 aliphatic carbocycles. The number of fused-ring (bicyclic) bond motifs is 2. The van der Waals surface area contributed by atoms with Crippen LogP contribution in [0, 0.1) is 0 Å². The number of piperazine rings is 1. The van der Waals surface area contributed by atoms with Gasteiger partial charge in [-0.15, -0.1) is 11.3 Å². The van der Waals surface area contributed by atoms with Gasteiger partial charge >= 0.3 is 5.97 Å². The summed E-state index contributed by atoms with van der Waals surface area (Å²) in [6.45, 7) is 6.84. The Morgan fingerprint density at radius 1 is 1.00 bits per heavy atom. The Morgan fingerprint density at radius 2 is 1.75 bits per heavy atom. The topological polar surface area (TPSA) is 44.8 Å². The van der Waals surface area contributed by atoms with Gasteiger partial charge < -0.3 is 15.0 Å². The van der Waals surface area contributed by atoms with Crippen molar-refractivity contribution in [2.45, 2.75) is 52.0 Å². The van der Waals surface area contributed by atoms with E-state index in [1.54, 1.807) is 11.3 Å². The molecule has 5 rings (SSSR count). The number of esters is 1. The van der Waals surface area contributed by atoms with Gasteiger partial charge in [0.05, 0.1) is 12.2 Å². The molecule has 0 amide bonds. The number of nitrogens with one attached hydrogen (secondary N) is 1. The SMILES string of the molecule is CCOC(=O)c1c(NC(=S)N2CCN(Cc3cccc4ccccc34)CC2)sc2c1CCCCCC2. The summed E-state index contributed by atoms with van der Waals surface area (Å²) < 4.78 is 5.46. The van der Waals surface area contributed by atoms with Crippen molar-refractivity contribution in [3.05, 3.63) is 64.0 Å². The Hall–Kier alpha value is -2.48. The van der Waals surface area contributed by atoms with Gasteiger partial charge in [-0.2, -0.15) is 0 Å². The fraction of sp³-hybridized carbons (Fsp3) is 0.448. The van der Waals surface area contributed by atoms with E-state index < -0.39 is 0 Å². The average molecular weight is 522 g/mol. The predicted octanol–water partition coefficient (Wildman–Crippen LogP) is 6.25. The van der Waals surface area contributed by atoms with Crippen LogP contribution < -0.4 is 5.32 Å². The Balaban J connectivity index is 1.25. The molecule has 3 aromatic rings. The quantitative estimate of drug-likeness (QED) is 0.316. The van der Waals surface area contributed by atoms with Crippen LogP contribution in [0.2, 0.25) is 0 Å². The predicted molar refractivity (Wildman–Crippen MR) is 153 cm³/mol. The first-order valence-electron chi connectivity index (χ1n) is 13.2. The molecule has 1 N–H and O–H groups in total.